The van der Waals surface area contributed by atoms with Crippen LogP contribution in [-0.4, -0.2) is 31.6 Å². The van der Waals surface area contributed by atoms with Crippen molar-refractivity contribution in [3.8, 4) is 5.75 Å². The molecular weight excluding hydrogens is 260 g/mol. The molecular formula is C18H30N2O. The minimum atomic E-state index is 0.389. The number of benzene rings is 1. The van der Waals surface area contributed by atoms with Gasteiger partial charge < -0.3 is 10.1 Å². The van der Waals surface area contributed by atoms with Crippen molar-refractivity contribution in [1.29, 1.82) is 0 Å². The third-order valence-electron chi connectivity index (χ3n) is 4.45. The molecule has 3 nitrogen and oxygen atoms in total. The Labute approximate surface area is 129 Å². The second-order valence-electron chi connectivity index (χ2n) is 6.33. The molecule has 2 atom stereocenters. The lowest BCUT2D eigenvalue weighted by atomic mass is 9.98. The van der Waals surface area contributed by atoms with Gasteiger partial charge in [-0.2, -0.15) is 0 Å². The summed E-state index contributed by atoms with van der Waals surface area (Å²) in [5.74, 6) is 1.83. The van der Waals surface area contributed by atoms with Crippen LogP contribution in [0.2, 0.25) is 0 Å². The highest BCUT2D eigenvalue weighted by atomic mass is 16.5. The van der Waals surface area contributed by atoms with Gasteiger partial charge in [-0.3, -0.25) is 4.90 Å². The van der Waals surface area contributed by atoms with E-state index < -0.39 is 0 Å². The maximum Gasteiger partial charge on any atom is 0.123 e. The van der Waals surface area contributed by atoms with Crippen molar-refractivity contribution in [2.45, 2.75) is 46.2 Å². The molecule has 1 aliphatic heterocycles. The second-order valence-corrected chi connectivity index (χ2v) is 6.33. The maximum atomic E-state index is 5.56. The van der Waals surface area contributed by atoms with Gasteiger partial charge in [-0.1, -0.05) is 19.9 Å². The van der Waals surface area contributed by atoms with Crippen LogP contribution in [0.25, 0.3) is 0 Å². The molecule has 0 radical (unpaired) electrons. The minimum absolute atomic E-state index is 0.389. The molecule has 1 heterocycles. The van der Waals surface area contributed by atoms with Crippen molar-refractivity contribution in [3.63, 3.8) is 0 Å². The summed E-state index contributed by atoms with van der Waals surface area (Å²) in [6.45, 7) is 11.1. The molecule has 1 aromatic carbocycles. The van der Waals surface area contributed by atoms with Crippen molar-refractivity contribution in [3.05, 3.63) is 29.3 Å². The fraction of sp³-hybridized carbons (Fsp3) is 0.667. The summed E-state index contributed by atoms with van der Waals surface area (Å²) in [6, 6.07) is 6.99. The third-order valence-corrected chi connectivity index (χ3v) is 4.45. The molecule has 2 rings (SSSR count). The molecule has 1 saturated heterocycles. The summed E-state index contributed by atoms with van der Waals surface area (Å²) in [5.41, 5.74) is 2.66. The number of nitrogens with zero attached hydrogens (tertiary/aromatic N) is 1. The predicted octanol–water partition coefficient (Wildman–Crippen LogP) is 3.60. The first kappa shape index (κ1) is 16.3. The Morgan fingerprint density at radius 2 is 2.24 bits per heavy atom. The van der Waals surface area contributed by atoms with Crippen LogP contribution in [0.1, 0.15) is 50.8 Å². The monoisotopic (exact) mass is 290 g/mol. The lowest BCUT2D eigenvalue weighted by Gasteiger charge is -2.31. The Morgan fingerprint density at radius 1 is 1.43 bits per heavy atom. The maximum absolute atomic E-state index is 5.56. The first-order valence-corrected chi connectivity index (χ1v) is 8.26. The number of rotatable bonds is 6. The van der Waals surface area contributed by atoms with Gasteiger partial charge in [0.1, 0.15) is 5.75 Å². The smallest absolute Gasteiger partial charge is 0.123 e. The van der Waals surface area contributed by atoms with Gasteiger partial charge in [0.15, 0.2) is 0 Å². The van der Waals surface area contributed by atoms with Crippen LogP contribution >= 0.6 is 0 Å². The lowest BCUT2D eigenvalue weighted by Crippen LogP contribution is -2.33. The topological polar surface area (TPSA) is 24.5 Å². The van der Waals surface area contributed by atoms with Crippen LogP contribution in [0.4, 0.5) is 0 Å². The largest absolute Gasteiger partial charge is 0.496 e. The van der Waals surface area contributed by atoms with Crippen LogP contribution in [0.3, 0.4) is 0 Å². The zero-order valence-electron chi connectivity index (χ0n) is 14.0. The fourth-order valence-corrected chi connectivity index (χ4v) is 3.29. The van der Waals surface area contributed by atoms with E-state index in [9.17, 15) is 0 Å². The summed E-state index contributed by atoms with van der Waals surface area (Å²) in [7, 11) is 1.77. The normalized spacial score (nSPS) is 21.2. The summed E-state index contributed by atoms with van der Waals surface area (Å²) in [5, 5.41) is 3.48. The average molecular weight is 290 g/mol. The Morgan fingerprint density at radius 3 is 2.90 bits per heavy atom. The Bertz CT molecular complexity index is 447. The Hall–Kier alpha value is -1.06. The second kappa shape index (κ2) is 7.81. The number of likely N-dealkylation sites (tertiary alicyclic amines) is 1. The van der Waals surface area contributed by atoms with Crippen molar-refractivity contribution >= 4 is 0 Å². The quantitative estimate of drug-likeness (QED) is 0.866. The summed E-state index contributed by atoms with van der Waals surface area (Å²) >= 11 is 0. The van der Waals surface area contributed by atoms with Gasteiger partial charge in [0.2, 0.25) is 0 Å². The van der Waals surface area contributed by atoms with Crippen molar-refractivity contribution < 1.29 is 4.74 Å². The Kier molecular flexibility index (Phi) is 6.07. The molecule has 0 aliphatic carbocycles. The molecule has 0 spiro atoms. The number of hydrogen-bond donors (Lipinski definition) is 1. The highest BCUT2D eigenvalue weighted by Gasteiger charge is 2.18. The third kappa shape index (κ3) is 4.45. The van der Waals surface area contributed by atoms with Gasteiger partial charge in [0.05, 0.1) is 7.11 Å². The van der Waals surface area contributed by atoms with Crippen LogP contribution in [-0.2, 0) is 6.54 Å². The molecule has 0 saturated carbocycles. The van der Waals surface area contributed by atoms with E-state index in [-0.39, 0.29) is 0 Å². The van der Waals surface area contributed by atoms with Crippen molar-refractivity contribution in [1.82, 2.24) is 10.2 Å². The summed E-state index contributed by atoms with van der Waals surface area (Å²) < 4.78 is 5.56. The van der Waals surface area contributed by atoms with Crippen molar-refractivity contribution in [2.75, 3.05) is 26.7 Å². The van der Waals surface area contributed by atoms with E-state index in [0.717, 1.165) is 24.8 Å². The predicted molar refractivity (Wildman–Crippen MR) is 88.8 cm³/mol. The van der Waals surface area contributed by atoms with E-state index in [1.165, 1.54) is 37.1 Å². The molecule has 1 N–H and O–H groups in total. The van der Waals surface area contributed by atoms with Gasteiger partial charge in [-0.15, -0.1) is 0 Å². The molecule has 21 heavy (non-hydrogen) atoms. The first-order chi connectivity index (χ1) is 10.1. The first-order valence-electron chi connectivity index (χ1n) is 8.26. The highest BCUT2D eigenvalue weighted by Crippen LogP contribution is 2.26. The summed E-state index contributed by atoms with van der Waals surface area (Å²) in [6.07, 6.45) is 2.68. The van der Waals surface area contributed by atoms with E-state index >= 15 is 0 Å². The molecule has 3 heteroatoms. The van der Waals surface area contributed by atoms with Gasteiger partial charge in [-0.05, 0) is 56.5 Å². The van der Waals surface area contributed by atoms with Gasteiger partial charge >= 0.3 is 0 Å². The molecule has 1 aliphatic rings. The van der Waals surface area contributed by atoms with E-state index in [1.807, 2.05) is 0 Å². The van der Waals surface area contributed by atoms with Crippen molar-refractivity contribution in [2.24, 2.45) is 5.92 Å². The molecule has 2 unspecified atom stereocenters. The van der Waals surface area contributed by atoms with Gasteiger partial charge in [0, 0.05) is 24.7 Å². The van der Waals surface area contributed by atoms with Gasteiger partial charge in [0.25, 0.3) is 0 Å². The zero-order valence-corrected chi connectivity index (χ0v) is 14.0. The van der Waals surface area contributed by atoms with E-state index in [4.69, 9.17) is 4.74 Å². The summed E-state index contributed by atoms with van der Waals surface area (Å²) in [4.78, 5) is 2.56. The zero-order chi connectivity index (χ0) is 15.2. The Balaban J connectivity index is 2.13. The van der Waals surface area contributed by atoms with Crippen LogP contribution < -0.4 is 10.1 Å². The SMILES string of the molecule is CCNC(C)c1ccc(OC)c(CN2CCCC(C)C2)c1. The molecule has 0 aromatic heterocycles. The molecule has 0 bridgehead atoms. The van der Waals surface area contributed by atoms with E-state index in [2.05, 4.69) is 49.2 Å². The lowest BCUT2D eigenvalue weighted by molar-refractivity contribution is 0.175. The van der Waals surface area contributed by atoms with Crippen LogP contribution in [0.15, 0.2) is 18.2 Å². The average Bonchev–Trinajstić information content (AvgIpc) is 2.47. The molecule has 1 fully saturated rings. The van der Waals surface area contributed by atoms with Gasteiger partial charge in [-0.25, -0.2) is 0 Å². The minimum Gasteiger partial charge on any atom is -0.496 e. The molecule has 118 valence electrons. The molecule has 1 aromatic rings. The number of piperidine rings is 1. The van der Waals surface area contributed by atoms with E-state index in [1.54, 1.807) is 7.11 Å². The van der Waals surface area contributed by atoms with E-state index in [0.29, 0.717) is 6.04 Å². The number of nitrogens with one attached hydrogen (secondary N) is 1. The number of hydrogen-bond acceptors (Lipinski definition) is 3. The van der Waals surface area contributed by atoms with Crippen LogP contribution in [0.5, 0.6) is 5.75 Å². The van der Waals surface area contributed by atoms with Crippen LogP contribution in [0, 0.1) is 5.92 Å². The highest BCUT2D eigenvalue weighted by molar-refractivity contribution is 5.38. The number of ether oxygens (including phenoxy) is 1. The standard InChI is InChI=1S/C18H30N2O/c1-5-19-15(3)16-8-9-18(21-4)17(11-16)13-20-10-6-7-14(2)12-20/h8-9,11,14-15,19H,5-7,10,12-13H2,1-4H3. The molecule has 0 amide bonds. The number of methoxy groups -OCH3 is 1. The fourth-order valence-electron chi connectivity index (χ4n) is 3.29.